The highest BCUT2D eigenvalue weighted by atomic mass is 16.4. The number of carboxylic acid groups (broad SMARTS) is 1. The van der Waals surface area contributed by atoms with E-state index in [1.165, 1.54) is 0 Å². The second kappa shape index (κ2) is 4.65. The van der Waals surface area contributed by atoms with Gasteiger partial charge in [0.05, 0.1) is 0 Å². The zero-order chi connectivity index (χ0) is 15.1. The quantitative estimate of drug-likeness (QED) is 0.793. The summed E-state index contributed by atoms with van der Waals surface area (Å²) in [5, 5.41) is 12.1. The molecule has 1 fully saturated rings. The van der Waals surface area contributed by atoms with E-state index in [4.69, 9.17) is 0 Å². The minimum Gasteiger partial charge on any atom is -0.480 e. The van der Waals surface area contributed by atoms with Crippen LogP contribution in [0.2, 0.25) is 0 Å². The molecule has 0 aromatic carbocycles. The SMILES string of the molecule is Cc1c[nH]c(C(=O)NC2(C(=O)O)CC(C(C)(C)C)C2)c1. The van der Waals surface area contributed by atoms with Gasteiger partial charge in [-0.2, -0.15) is 0 Å². The number of carbonyl (C=O) groups is 2. The Morgan fingerprint density at radius 3 is 2.40 bits per heavy atom. The first-order chi connectivity index (χ1) is 9.14. The molecule has 1 aliphatic carbocycles. The van der Waals surface area contributed by atoms with Crippen molar-refractivity contribution in [2.24, 2.45) is 11.3 Å². The average Bonchev–Trinajstić information content (AvgIpc) is 2.67. The van der Waals surface area contributed by atoms with E-state index in [9.17, 15) is 14.7 Å². The highest BCUT2D eigenvalue weighted by Crippen LogP contribution is 2.47. The van der Waals surface area contributed by atoms with E-state index in [0.717, 1.165) is 5.56 Å². The van der Waals surface area contributed by atoms with Crippen molar-refractivity contribution in [2.45, 2.75) is 46.1 Å². The summed E-state index contributed by atoms with van der Waals surface area (Å²) < 4.78 is 0. The molecule has 1 amide bonds. The summed E-state index contributed by atoms with van der Waals surface area (Å²) in [7, 11) is 0. The first-order valence-corrected chi connectivity index (χ1v) is 6.85. The largest absolute Gasteiger partial charge is 0.480 e. The number of carboxylic acids is 1. The smallest absolute Gasteiger partial charge is 0.329 e. The van der Waals surface area contributed by atoms with Gasteiger partial charge in [-0.1, -0.05) is 20.8 Å². The van der Waals surface area contributed by atoms with Crippen molar-refractivity contribution < 1.29 is 14.7 Å². The molecular formula is C15H22N2O3. The number of carbonyl (C=O) groups excluding carboxylic acids is 1. The van der Waals surface area contributed by atoms with Crippen LogP contribution in [0.3, 0.4) is 0 Å². The first kappa shape index (κ1) is 14.6. The van der Waals surface area contributed by atoms with Crippen LogP contribution in [0, 0.1) is 18.3 Å². The fraction of sp³-hybridized carbons (Fsp3) is 0.600. The summed E-state index contributed by atoms with van der Waals surface area (Å²) in [6, 6.07) is 1.71. The van der Waals surface area contributed by atoms with Gasteiger partial charge in [-0.15, -0.1) is 0 Å². The summed E-state index contributed by atoms with van der Waals surface area (Å²) in [6.07, 6.45) is 2.69. The van der Waals surface area contributed by atoms with E-state index in [0.29, 0.717) is 24.5 Å². The van der Waals surface area contributed by atoms with E-state index in [2.05, 4.69) is 31.1 Å². The van der Waals surface area contributed by atoms with Crippen LogP contribution in [0.25, 0.3) is 0 Å². The average molecular weight is 278 g/mol. The zero-order valence-electron chi connectivity index (χ0n) is 12.4. The second-order valence-electron chi connectivity index (χ2n) is 6.90. The molecule has 3 N–H and O–H groups in total. The van der Waals surface area contributed by atoms with Crippen LogP contribution in [0.4, 0.5) is 0 Å². The number of aromatic nitrogens is 1. The molecule has 2 rings (SSSR count). The lowest BCUT2D eigenvalue weighted by atomic mass is 9.59. The third kappa shape index (κ3) is 2.57. The Bertz CT molecular complexity index is 534. The van der Waals surface area contributed by atoms with Crippen LogP contribution in [0.1, 0.15) is 49.7 Å². The molecule has 0 aliphatic heterocycles. The molecule has 110 valence electrons. The first-order valence-electron chi connectivity index (χ1n) is 6.85. The summed E-state index contributed by atoms with van der Waals surface area (Å²) >= 11 is 0. The van der Waals surface area contributed by atoms with E-state index >= 15 is 0 Å². The number of aryl methyl sites for hydroxylation is 1. The van der Waals surface area contributed by atoms with Crippen molar-refractivity contribution >= 4 is 11.9 Å². The van der Waals surface area contributed by atoms with Gasteiger partial charge in [0.15, 0.2) is 0 Å². The number of amides is 1. The number of hydrogen-bond acceptors (Lipinski definition) is 2. The molecule has 20 heavy (non-hydrogen) atoms. The van der Waals surface area contributed by atoms with Gasteiger partial charge in [0.2, 0.25) is 0 Å². The maximum Gasteiger partial charge on any atom is 0.329 e. The standard InChI is InChI=1S/C15H22N2O3/c1-9-5-11(16-8-9)12(18)17-15(13(19)20)6-10(7-15)14(2,3)4/h5,8,10,16H,6-7H2,1-4H3,(H,17,18)(H,19,20). The van der Waals surface area contributed by atoms with Crippen molar-refractivity contribution in [3.8, 4) is 0 Å². The molecule has 5 heteroatoms. The van der Waals surface area contributed by atoms with Gasteiger partial charge in [-0.25, -0.2) is 4.79 Å². The third-order valence-electron chi connectivity index (χ3n) is 4.25. The van der Waals surface area contributed by atoms with Gasteiger partial charge in [-0.3, -0.25) is 4.79 Å². The van der Waals surface area contributed by atoms with Gasteiger partial charge in [0.25, 0.3) is 5.91 Å². The summed E-state index contributed by atoms with van der Waals surface area (Å²) in [5.41, 5.74) is 0.295. The molecule has 1 aliphatic rings. The van der Waals surface area contributed by atoms with E-state index < -0.39 is 11.5 Å². The Morgan fingerprint density at radius 2 is 2.00 bits per heavy atom. The maximum absolute atomic E-state index is 12.1. The monoisotopic (exact) mass is 278 g/mol. The molecule has 1 aromatic rings. The van der Waals surface area contributed by atoms with Crippen molar-refractivity contribution in [3.63, 3.8) is 0 Å². The molecule has 0 spiro atoms. The molecule has 0 radical (unpaired) electrons. The molecule has 0 bridgehead atoms. The van der Waals surface area contributed by atoms with Crippen LogP contribution >= 0.6 is 0 Å². The van der Waals surface area contributed by atoms with Gasteiger partial charge in [0, 0.05) is 6.20 Å². The van der Waals surface area contributed by atoms with Crippen LogP contribution in [-0.2, 0) is 4.79 Å². The lowest BCUT2D eigenvalue weighted by Crippen LogP contribution is -2.64. The molecular weight excluding hydrogens is 256 g/mol. The molecule has 0 atom stereocenters. The van der Waals surface area contributed by atoms with Crippen LogP contribution in [0.5, 0.6) is 0 Å². The van der Waals surface area contributed by atoms with E-state index in [1.807, 2.05) is 6.92 Å². The predicted molar refractivity (Wildman–Crippen MR) is 75.5 cm³/mol. The van der Waals surface area contributed by atoms with Crippen LogP contribution in [0.15, 0.2) is 12.3 Å². The van der Waals surface area contributed by atoms with Crippen molar-refractivity contribution in [1.82, 2.24) is 10.3 Å². The normalized spacial score (nSPS) is 25.9. The summed E-state index contributed by atoms with van der Waals surface area (Å²) in [6.45, 7) is 8.16. The Labute approximate surface area is 118 Å². The minimum absolute atomic E-state index is 0.0622. The second-order valence-corrected chi connectivity index (χ2v) is 6.90. The van der Waals surface area contributed by atoms with Crippen LogP contribution in [-0.4, -0.2) is 27.5 Å². The topological polar surface area (TPSA) is 82.2 Å². The Balaban J connectivity index is 2.09. The lowest BCUT2D eigenvalue weighted by molar-refractivity contribution is -0.153. The fourth-order valence-electron chi connectivity index (χ4n) is 2.64. The van der Waals surface area contributed by atoms with E-state index in [-0.39, 0.29) is 11.3 Å². The van der Waals surface area contributed by atoms with Crippen molar-refractivity contribution in [2.75, 3.05) is 0 Å². The summed E-state index contributed by atoms with van der Waals surface area (Å²) in [5.74, 6) is -0.994. The Morgan fingerprint density at radius 1 is 1.40 bits per heavy atom. The predicted octanol–water partition coefficient (Wildman–Crippen LogP) is 2.33. The number of hydrogen-bond donors (Lipinski definition) is 3. The number of rotatable bonds is 3. The maximum atomic E-state index is 12.1. The summed E-state index contributed by atoms with van der Waals surface area (Å²) in [4.78, 5) is 26.5. The Hall–Kier alpha value is -1.78. The number of aromatic amines is 1. The molecule has 0 unspecified atom stereocenters. The van der Waals surface area contributed by atoms with Gasteiger partial charge >= 0.3 is 5.97 Å². The van der Waals surface area contributed by atoms with Crippen molar-refractivity contribution in [3.05, 3.63) is 23.5 Å². The van der Waals surface area contributed by atoms with E-state index in [1.54, 1.807) is 12.3 Å². The van der Waals surface area contributed by atoms with Crippen LogP contribution < -0.4 is 5.32 Å². The molecule has 1 heterocycles. The Kier molecular flexibility index (Phi) is 3.40. The third-order valence-corrected chi connectivity index (χ3v) is 4.25. The molecule has 0 saturated heterocycles. The van der Waals surface area contributed by atoms with Gasteiger partial charge in [-0.05, 0) is 42.7 Å². The number of H-pyrrole nitrogens is 1. The fourth-order valence-corrected chi connectivity index (χ4v) is 2.64. The highest BCUT2D eigenvalue weighted by Gasteiger charge is 2.54. The lowest BCUT2D eigenvalue weighted by Gasteiger charge is -2.50. The zero-order valence-corrected chi connectivity index (χ0v) is 12.4. The number of aliphatic carboxylic acids is 1. The highest BCUT2D eigenvalue weighted by molar-refractivity contribution is 5.97. The molecule has 5 nitrogen and oxygen atoms in total. The molecule has 1 saturated carbocycles. The van der Waals surface area contributed by atoms with Crippen molar-refractivity contribution in [1.29, 1.82) is 0 Å². The number of nitrogens with one attached hydrogen (secondary N) is 2. The van der Waals surface area contributed by atoms with Gasteiger partial charge < -0.3 is 15.4 Å². The van der Waals surface area contributed by atoms with Gasteiger partial charge in [0.1, 0.15) is 11.2 Å². The minimum atomic E-state index is -1.12. The molecule has 1 aromatic heterocycles.